The van der Waals surface area contributed by atoms with Crippen molar-refractivity contribution >= 4 is 12.0 Å². The average molecular weight is 274 g/mol. The lowest BCUT2D eigenvalue weighted by atomic mass is 9.90. The molecular formula is C15H18N2O3. The third-order valence-corrected chi connectivity index (χ3v) is 4.16. The molecule has 5 nitrogen and oxygen atoms in total. The number of rotatable bonds is 4. The summed E-state index contributed by atoms with van der Waals surface area (Å²) in [5.74, 6) is 0.284. The smallest absolute Gasteiger partial charge is 0.404 e. The second-order valence-electron chi connectivity index (χ2n) is 5.66. The standard InChI is InChI=1S/C15H18N2O3/c18-14-11(8-9-6-7-9)13(17-15(19)20)12(16-14)10-4-2-1-3-5-10/h1-5,9,11-13,17H,6-8H2,(H,16,18)(H,19,20)/t11-,12+,13-/m0/s1. The first-order valence-electron chi connectivity index (χ1n) is 7.00. The van der Waals surface area contributed by atoms with Crippen LogP contribution in [0.1, 0.15) is 30.9 Å². The van der Waals surface area contributed by atoms with Crippen molar-refractivity contribution in [3.8, 4) is 0 Å². The summed E-state index contributed by atoms with van der Waals surface area (Å²) in [7, 11) is 0. The highest BCUT2D eigenvalue weighted by atomic mass is 16.4. The van der Waals surface area contributed by atoms with E-state index >= 15 is 0 Å². The fraction of sp³-hybridized carbons (Fsp3) is 0.467. The normalized spacial score (nSPS) is 29.0. The molecule has 5 heteroatoms. The van der Waals surface area contributed by atoms with Crippen LogP contribution in [-0.4, -0.2) is 23.1 Å². The van der Waals surface area contributed by atoms with Gasteiger partial charge in [-0.2, -0.15) is 0 Å². The summed E-state index contributed by atoms with van der Waals surface area (Å²) in [5.41, 5.74) is 0.942. The average Bonchev–Trinajstić information content (AvgIpc) is 3.19. The molecule has 0 unspecified atom stereocenters. The number of carboxylic acid groups (broad SMARTS) is 1. The minimum Gasteiger partial charge on any atom is -0.465 e. The molecule has 1 saturated carbocycles. The number of carbonyl (C=O) groups excluding carboxylic acids is 1. The van der Waals surface area contributed by atoms with Gasteiger partial charge in [0.25, 0.3) is 0 Å². The van der Waals surface area contributed by atoms with Crippen molar-refractivity contribution in [1.29, 1.82) is 0 Å². The molecule has 0 radical (unpaired) electrons. The van der Waals surface area contributed by atoms with Gasteiger partial charge in [-0.3, -0.25) is 4.79 Å². The number of benzene rings is 1. The second kappa shape index (κ2) is 5.15. The van der Waals surface area contributed by atoms with Crippen LogP contribution < -0.4 is 10.6 Å². The van der Waals surface area contributed by atoms with Crippen LogP contribution in [-0.2, 0) is 4.79 Å². The minimum absolute atomic E-state index is 0.0375. The van der Waals surface area contributed by atoms with Crippen molar-refractivity contribution in [3.63, 3.8) is 0 Å². The molecule has 1 aromatic rings. The Labute approximate surface area is 117 Å². The van der Waals surface area contributed by atoms with E-state index < -0.39 is 6.09 Å². The molecule has 1 heterocycles. The zero-order valence-electron chi connectivity index (χ0n) is 11.1. The molecule has 0 bridgehead atoms. The third-order valence-electron chi connectivity index (χ3n) is 4.16. The van der Waals surface area contributed by atoms with Gasteiger partial charge in [0.2, 0.25) is 5.91 Å². The van der Waals surface area contributed by atoms with Gasteiger partial charge in [0, 0.05) is 0 Å². The largest absolute Gasteiger partial charge is 0.465 e. The van der Waals surface area contributed by atoms with E-state index in [-0.39, 0.29) is 23.9 Å². The van der Waals surface area contributed by atoms with Gasteiger partial charge in [0.05, 0.1) is 18.0 Å². The van der Waals surface area contributed by atoms with E-state index in [2.05, 4.69) is 10.6 Å². The van der Waals surface area contributed by atoms with Crippen LogP contribution in [0, 0.1) is 11.8 Å². The monoisotopic (exact) mass is 274 g/mol. The van der Waals surface area contributed by atoms with Crippen molar-refractivity contribution in [2.45, 2.75) is 31.3 Å². The highest BCUT2D eigenvalue weighted by molar-refractivity contribution is 5.84. The van der Waals surface area contributed by atoms with Gasteiger partial charge in [-0.05, 0) is 17.9 Å². The lowest BCUT2D eigenvalue weighted by Crippen LogP contribution is -2.41. The zero-order chi connectivity index (χ0) is 14.1. The Hall–Kier alpha value is -2.04. The quantitative estimate of drug-likeness (QED) is 0.784. The molecule has 0 aromatic heterocycles. The first kappa shape index (κ1) is 13.0. The Morgan fingerprint density at radius 2 is 2.00 bits per heavy atom. The topological polar surface area (TPSA) is 78.4 Å². The van der Waals surface area contributed by atoms with Crippen molar-refractivity contribution in [1.82, 2.24) is 10.6 Å². The third kappa shape index (κ3) is 2.61. The van der Waals surface area contributed by atoms with E-state index in [0.29, 0.717) is 5.92 Å². The number of hydrogen-bond donors (Lipinski definition) is 3. The van der Waals surface area contributed by atoms with Crippen molar-refractivity contribution in [3.05, 3.63) is 35.9 Å². The van der Waals surface area contributed by atoms with Crippen molar-refractivity contribution in [2.24, 2.45) is 11.8 Å². The van der Waals surface area contributed by atoms with Crippen LogP contribution in [0.15, 0.2) is 30.3 Å². The first-order chi connectivity index (χ1) is 9.65. The highest BCUT2D eigenvalue weighted by Gasteiger charge is 2.45. The van der Waals surface area contributed by atoms with Crippen LogP contribution in [0.25, 0.3) is 0 Å². The minimum atomic E-state index is -1.08. The highest BCUT2D eigenvalue weighted by Crippen LogP contribution is 2.40. The summed E-state index contributed by atoms with van der Waals surface area (Å²) >= 11 is 0. The maximum Gasteiger partial charge on any atom is 0.404 e. The summed E-state index contributed by atoms with van der Waals surface area (Å²) in [6.07, 6.45) is 2.01. The molecule has 0 spiro atoms. The molecule has 1 aromatic carbocycles. The lowest BCUT2D eigenvalue weighted by molar-refractivity contribution is -0.123. The van der Waals surface area contributed by atoms with Crippen LogP contribution in [0.3, 0.4) is 0 Å². The van der Waals surface area contributed by atoms with Crippen molar-refractivity contribution in [2.75, 3.05) is 0 Å². The maximum absolute atomic E-state index is 12.2. The van der Waals surface area contributed by atoms with Gasteiger partial charge < -0.3 is 15.7 Å². The molecule has 1 saturated heterocycles. The summed E-state index contributed by atoms with van der Waals surface area (Å²) in [5, 5.41) is 14.5. The lowest BCUT2D eigenvalue weighted by Gasteiger charge is -2.22. The molecular weight excluding hydrogens is 256 g/mol. The van der Waals surface area contributed by atoms with Crippen LogP contribution in [0.4, 0.5) is 4.79 Å². The molecule has 2 amide bonds. The first-order valence-corrected chi connectivity index (χ1v) is 7.00. The molecule has 2 fully saturated rings. The van der Waals surface area contributed by atoms with Gasteiger partial charge in [0.15, 0.2) is 0 Å². The Kier molecular flexibility index (Phi) is 3.34. The van der Waals surface area contributed by atoms with Crippen molar-refractivity contribution < 1.29 is 14.7 Å². The van der Waals surface area contributed by atoms with E-state index in [0.717, 1.165) is 24.8 Å². The summed E-state index contributed by atoms with van der Waals surface area (Å²) in [6, 6.07) is 8.87. The molecule has 20 heavy (non-hydrogen) atoms. The van der Waals surface area contributed by atoms with Crippen LogP contribution in [0.2, 0.25) is 0 Å². The Balaban J connectivity index is 1.84. The summed E-state index contributed by atoms with van der Waals surface area (Å²) in [6.45, 7) is 0. The Bertz CT molecular complexity index is 513. The van der Waals surface area contributed by atoms with E-state index in [1.165, 1.54) is 0 Å². The number of amides is 2. The van der Waals surface area contributed by atoms with Crippen LogP contribution >= 0.6 is 0 Å². The molecule has 106 valence electrons. The predicted molar refractivity (Wildman–Crippen MR) is 73.1 cm³/mol. The Morgan fingerprint density at radius 3 is 2.60 bits per heavy atom. The molecule has 3 rings (SSSR count). The fourth-order valence-corrected chi connectivity index (χ4v) is 2.99. The number of hydrogen-bond acceptors (Lipinski definition) is 2. The molecule has 2 aliphatic rings. The Morgan fingerprint density at radius 1 is 1.30 bits per heavy atom. The zero-order valence-corrected chi connectivity index (χ0v) is 11.1. The van der Waals surface area contributed by atoms with E-state index in [1.54, 1.807) is 0 Å². The van der Waals surface area contributed by atoms with Gasteiger partial charge in [-0.25, -0.2) is 4.79 Å². The summed E-state index contributed by atoms with van der Waals surface area (Å²) in [4.78, 5) is 23.2. The molecule has 1 aliphatic heterocycles. The molecule has 3 atom stereocenters. The number of nitrogens with one attached hydrogen (secondary N) is 2. The summed E-state index contributed by atoms with van der Waals surface area (Å²) < 4.78 is 0. The van der Waals surface area contributed by atoms with Gasteiger partial charge in [0.1, 0.15) is 0 Å². The van der Waals surface area contributed by atoms with Gasteiger partial charge >= 0.3 is 6.09 Å². The molecule has 3 N–H and O–H groups in total. The maximum atomic E-state index is 12.2. The predicted octanol–water partition coefficient (Wildman–Crippen LogP) is 1.91. The van der Waals surface area contributed by atoms with E-state index in [1.807, 2.05) is 30.3 Å². The van der Waals surface area contributed by atoms with Gasteiger partial charge in [-0.1, -0.05) is 43.2 Å². The van der Waals surface area contributed by atoms with E-state index in [9.17, 15) is 9.59 Å². The van der Waals surface area contributed by atoms with Crippen LogP contribution in [0.5, 0.6) is 0 Å². The van der Waals surface area contributed by atoms with E-state index in [4.69, 9.17) is 5.11 Å². The molecule has 1 aliphatic carbocycles. The fourth-order valence-electron chi connectivity index (χ4n) is 2.99. The van der Waals surface area contributed by atoms with Gasteiger partial charge in [-0.15, -0.1) is 0 Å². The number of carbonyl (C=O) groups is 2. The SMILES string of the molecule is O=C(O)N[C@H]1[C@H](CC2CC2)C(=O)N[C@@H]1c1ccccc1. The second-order valence-corrected chi connectivity index (χ2v) is 5.66.